The van der Waals surface area contributed by atoms with Crippen LogP contribution in [-0.4, -0.2) is 46.2 Å². The van der Waals surface area contributed by atoms with Gasteiger partial charge in [0.2, 0.25) is 5.91 Å². The van der Waals surface area contributed by atoms with Crippen LogP contribution in [-0.2, 0) is 15.0 Å². The average Bonchev–Trinajstić information content (AvgIpc) is 3.22. The van der Waals surface area contributed by atoms with Crippen molar-refractivity contribution < 1.29 is 14.3 Å². The van der Waals surface area contributed by atoms with Gasteiger partial charge in [-0.05, 0) is 43.2 Å². The maximum atomic E-state index is 13.0. The van der Waals surface area contributed by atoms with E-state index in [1.807, 2.05) is 62.4 Å². The Morgan fingerprint density at radius 2 is 1.79 bits per heavy atom. The minimum Gasteiger partial charge on any atom is -0.484 e. The number of amides is 2. The highest BCUT2D eigenvalue weighted by atomic mass is 16.5. The minimum atomic E-state index is -0.282. The molecule has 3 rings (SSSR count). The van der Waals surface area contributed by atoms with Crippen molar-refractivity contribution in [1.82, 2.24) is 14.7 Å². The molecule has 0 aliphatic heterocycles. The zero-order valence-corrected chi connectivity index (χ0v) is 20.7. The number of rotatable bonds is 9. The Morgan fingerprint density at radius 1 is 1.06 bits per heavy atom. The van der Waals surface area contributed by atoms with Gasteiger partial charge in [-0.25, -0.2) is 4.68 Å². The van der Waals surface area contributed by atoms with Crippen LogP contribution in [0, 0.1) is 6.92 Å². The molecule has 180 valence electrons. The first-order valence-electron chi connectivity index (χ1n) is 11.6. The third-order valence-corrected chi connectivity index (χ3v) is 5.28. The summed E-state index contributed by atoms with van der Waals surface area (Å²) in [7, 11) is 0. The van der Waals surface area contributed by atoms with Crippen LogP contribution >= 0.6 is 0 Å². The Morgan fingerprint density at radius 3 is 2.44 bits per heavy atom. The highest BCUT2D eigenvalue weighted by Crippen LogP contribution is 2.26. The van der Waals surface area contributed by atoms with Crippen LogP contribution in [0.15, 0.2) is 60.7 Å². The van der Waals surface area contributed by atoms with Gasteiger partial charge in [-0.15, -0.1) is 0 Å². The van der Waals surface area contributed by atoms with Gasteiger partial charge in [-0.1, -0.05) is 58.0 Å². The molecule has 7 heteroatoms. The Bertz CT molecular complexity index is 1120. The SMILES string of the molecule is CCCN(CC(=O)Nc1cc(C(C)(C)C)nn1-c1cccc(C)c1)C(=O)COc1ccccc1. The quantitative estimate of drug-likeness (QED) is 0.499. The lowest BCUT2D eigenvalue weighted by Crippen LogP contribution is -2.41. The Kier molecular flexibility index (Phi) is 8.10. The van der Waals surface area contributed by atoms with Gasteiger partial charge in [0, 0.05) is 18.0 Å². The molecule has 0 unspecified atom stereocenters. The summed E-state index contributed by atoms with van der Waals surface area (Å²) >= 11 is 0. The lowest BCUT2D eigenvalue weighted by molar-refractivity contribution is -0.136. The second-order valence-corrected chi connectivity index (χ2v) is 9.38. The molecule has 0 saturated carbocycles. The van der Waals surface area contributed by atoms with E-state index in [0.717, 1.165) is 23.4 Å². The van der Waals surface area contributed by atoms with Crippen molar-refractivity contribution in [2.75, 3.05) is 25.0 Å². The first-order valence-corrected chi connectivity index (χ1v) is 11.6. The first kappa shape index (κ1) is 25.0. The van der Waals surface area contributed by atoms with Crippen molar-refractivity contribution >= 4 is 17.6 Å². The number of aromatic nitrogens is 2. The molecule has 0 aliphatic carbocycles. The molecule has 0 bridgehead atoms. The third-order valence-electron chi connectivity index (χ3n) is 5.28. The number of ether oxygens (including phenoxy) is 1. The molecule has 1 N–H and O–H groups in total. The second-order valence-electron chi connectivity index (χ2n) is 9.38. The number of benzene rings is 2. The number of nitrogens with one attached hydrogen (secondary N) is 1. The standard InChI is InChI=1S/C27H34N4O3/c1-6-15-30(26(33)19-34-22-13-8-7-9-14-22)18-25(32)28-24-17-23(27(3,4)5)29-31(24)21-12-10-11-20(2)16-21/h7-14,16-17H,6,15,18-19H2,1-5H3,(H,28,32). The van der Waals surface area contributed by atoms with Crippen LogP contribution in [0.3, 0.4) is 0 Å². The van der Waals surface area contributed by atoms with Crippen LogP contribution in [0.4, 0.5) is 5.82 Å². The summed E-state index contributed by atoms with van der Waals surface area (Å²) in [5, 5.41) is 7.73. The van der Waals surface area contributed by atoms with Crippen molar-refractivity contribution in [2.45, 2.75) is 46.5 Å². The number of hydrogen-bond donors (Lipinski definition) is 1. The number of aryl methyl sites for hydroxylation is 1. The molecular formula is C27H34N4O3. The Balaban J connectivity index is 1.75. The molecule has 1 aromatic heterocycles. The van der Waals surface area contributed by atoms with Crippen molar-refractivity contribution in [1.29, 1.82) is 0 Å². The highest BCUT2D eigenvalue weighted by Gasteiger charge is 2.23. The van der Waals surface area contributed by atoms with Gasteiger partial charge in [0.25, 0.3) is 5.91 Å². The summed E-state index contributed by atoms with van der Waals surface area (Å²) in [5.74, 6) is 0.678. The van der Waals surface area contributed by atoms with Crippen LogP contribution in [0.1, 0.15) is 45.4 Å². The molecule has 7 nitrogen and oxygen atoms in total. The van der Waals surface area contributed by atoms with Crippen molar-refractivity contribution in [2.24, 2.45) is 0 Å². The zero-order chi connectivity index (χ0) is 24.7. The maximum Gasteiger partial charge on any atom is 0.260 e. The Labute approximate surface area is 201 Å². The monoisotopic (exact) mass is 462 g/mol. The van der Waals surface area contributed by atoms with Gasteiger partial charge in [0.05, 0.1) is 11.4 Å². The van der Waals surface area contributed by atoms with E-state index in [-0.39, 0.29) is 30.4 Å². The molecule has 2 amide bonds. The molecule has 2 aromatic carbocycles. The minimum absolute atomic E-state index is 0.0608. The van der Waals surface area contributed by atoms with E-state index >= 15 is 0 Å². The lowest BCUT2D eigenvalue weighted by Gasteiger charge is -2.22. The molecular weight excluding hydrogens is 428 g/mol. The zero-order valence-electron chi connectivity index (χ0n) is 20.7. The van der Waals surface area contributed by atoms with E-state index in [9.17, 15) is 9.59 Å². The fourth-order valence-corrected chi connectivity index (χ4v) is 3.46. The van der Waals surface area contributed by atoms with E-state index in [4.69, 9.17) is 9.84 Å². The van der Waals surface area contributed by atoms with E-state index in [2.05, 4.69) is 26.1 Å². The number of anilines is 1. The molecule has 0 radical (unpaired) electrons. The largest absolute Gasteiger partial charge is 0.484 e. The highest BCUT2D eigenvalue weighted by molar-refractivity contribution is 5.94. The second kappa shape index (κ2) is 11.0. The van der Waals surface area contributed by atoms with Crippen molar-refractivity contribution in [3.05, 3.63) is 71.9 Å². The normalized spacial score (nSPS) is 11.2. The van der Waals surface area contributed by atoms with Crippen LogP contribution in [0.2, 0.25) is 0 Å². The summed E-state index contributed by atoms with van der Waals surface area (Å²) in [6.45, 7) is 10.5. The van der Waals surface area contributed by atoms with Gasteiger partial charge < -0.3 is 15.0 Å². The lowest BCUT2D eigenvalue weighted by atomic mass is 9.92. The predicted octanol–water partition coefficient (Wildman–Crippen LogP) is 4.73. The van der Waals surface area contributed by atoms with Crippen molar-refractivity contribution in [3.63, 3.8) is 0 Å². The van der Waals surface area contributed by atoms with Crippen LogP contribution < -0.4 is 10.1 Å². The number of carbonyl (C=O) groups is 2. The Hall–Kier alpha value is -3.61. The van der Waals surface area contributed by atoms with Gasteiger partial charge >= 0.3 is 0 Å². The number of carbonyl (C=O) groups excluding carboxylic acids is 2. The van der Waals surface area contributed by atoms with Gasteiger partial charge in [-0.3, -0.25) is 9.59 Å². The number of nitrogens with zero attached hydrogens (tertiary/aromatic N) is 3. The molecule has 34 heavy (non-hydrogen) atoms. The fourth-order valence-electron chi connectivity index (χ4n) is 3.46. The van der Waals surface area contributed by atoms with E-state index in [0.29, 0.717) is 18.1 Å². The summed E-state index contributed by atoms with van der Waals surface area (Å²) < 4.78 is 7.33. The molecule has 0 spiro atoms. The molecule has 0 saturated heterocycles. The topological polar surface area (TPSA) is 76.5 Å². The molecule has 0 fully saturated rings. The van der Waals surface area contributed by atoms with Gasteiger partial charge in [0.1, 0.15) is 18.1 Å². The summed E-state index contributed by atoms with van der Waals surface area (Å²) in [4.78, 5) is 27.3. The molecule has 0 atom stereocenters. The number of hydrogen-bond acceptors (Lipinski definition) is 4. The first-order chi connectivity index (χ1) is 16.2. The van der Waals surface area contributed by atoms with Gasteiger partial charge in [0.15, 0.2) is 6.61 Å². The summed E-state index contributed by atoms with van der Waals surface area (Å²) in [6, 6.07) is 19.0. The third kappa shape index (κ3) is 6.70. The maximum absolute atomic E-state index is 13.0. The average molecular weight is 463 g/mol. The number of para-hydroxylation sites is 1. The van der Waals surface area contributed by atoms with Crippen molar-refractivity contribution in [3.8, 4) is 11.4 Å². The molecule has 1 heterocycles. The summed E-state index contributed by atoms with van der Waals surface area (Å²) in [5.41, 5.74) is 2.64. The van der Waals surface area contributed by atoms with Crippen LogP contribution in [0.5, 0.6) is 5.75 Å². The predicted molar refractivity (Wildman–Crippen MR) is 134 cm³/mol. The summed E-state index contributed by atoms with van der Waals surface area (Å²) in [6.07, 6.45) is 0.736. The van der Waals surface area contributed by atoms with E-state index in [1.165, 1.54) is 4.90 Å². The van der Waals surface area contributed by atoms with E-state index < -0.39 is 0 Å². The smallest absolute Gasteiger partial charge is 0.260 e. The van der Waals surface area contributed by atoms with E-state index in [1.54, 1.807) is 16.8 Å². The van der Waals surface area contributed by atoms with Crippen LogP contribution in [0.25, 0.3) is 5.69 Å². The molecule has 3 aromatic rings. The molecule has 0 aliphatic rings. The fraction of sp³-hybridized carbons (Fsp3) is 0.370. The van der Waals surface area contributed by atoms with Gasteiger partial charge in [-0.2, -0.15) is 5.10 Å².